The molecule has 0 aromatic heterocycles. The van der Waals surface area contributed by atoms with Gasteiger partial charge >= 0.3 is 0 Å². The second-order valence-corrected chi connectivity index (χ2v) is 8.04. The van der Waals surface area contributed by atoms with Gasteiger partial charge in [-0.3, -0.25) is 0 Å². The standard InChI is InChI=1S/C25H50O2/c1-7-13-15-16-17-18-21-24(19-9-3,20-14-8-2)25(12-6,26-22-10-4)27-23-11-5/h14,20H,7-13,15-19,21-23H2,1-6H3. The largest absolute Gasteiger partial charge is 0.349 e. The number of hydrogen-bond donors (Lipinski definition) is 0. The van der Waals surface area contributed by atoms with Crippen molar-refractivity contribution >= 4 is 0 Å². The van der Waals surface area contributed by atoms with E-state index in [4.69, 9.17) is 9.47 Å². The van der Waals surface area contributed by atoms with E-state index in [1.165, 1.54) is 44.9 Å². The molecule has 0 radical (unpaired) electrons. The third-order valence-corrected chi connectivity index (χ3v) is 5.65. The molecule has 27 heavy (non-hydrogen) atoms. The Morgan fingerprint density at radius 2 is 1.22 bits per heavy atom. The lowest BCUT2D eigenvalue weighted by Crippen LogP contribution is -2.52. The lowest BCUT2D eigenvalue weighted by Gasteiger charge is -2.49. The molecule has 0 saturated carbocycles. The van der Waals surface area contributed by atoms with Crippen LogP contribution in [-0.4, -0.2) is 19.0 Å². The predicted octanol–water partition coefficient (Wildman–Crippen LogP) is 8.45. The van der Waals surface area contributed by atoms with Gasteiger partial charge in [-0.1, -0.05) is 98.6 Å². The van der Waals surface area contributed by atoms with Crippen molar-refractivity contribution < 1.29 is 9.47 Å². The summed E-state index contributed by atoms with van der Waals surface area (Å²) in [5.41, 5.74) is -0.0123. The van der Waals surface area contributed by atoms with Crippen molar-refractivity contribution in [1.82, 2.24) is 0 Å². The number of unbranched alkanes of at least 4 members (excludes halogenated alkanes) is 5. The zero-order chi connectivity index (χ0) is 20.4. The minimum absolute atomic E-state index is 0.0123. The van der Waals surface area contributed by atoms with E-state index in [9.17, 15) is 0 Å². The zero-order valence-electron chi connectivity index (χ0n) is 19.6. The second-order valence-electron chi connectivity index (χ2n) is 8.04. The molecule has 2 nitrogen and oxygen atoms in total. The Hall–Kier alpha value is -0.340. The smallest absolute Gasteiger partial charge is 0.177 e. The molecule has 0 amide bonds. The Morgan fingerprint density at radius 3 is 1.70 bits per heavy atom. The van der Waals surface area contributed by atoms with Crippen molar-refractivity contribution in [2.45, 2.75) is 131 Å². The summed E-state index contributed by atoms with van der Waals surface area (Å²) in [6, 6.07) is 0. The van der Waals surface area contributed by atoms with Crippen LogP contribution in [-0.2, 0) is 9.47 Å². The Labute approximate surface area is 171 Å². The summed E-state index contributed by atoms with van der Waals surface area (Å²) in [6.45, 7) is 15.0. The van der Waals surface area contributed by atoms with Crippen LogP contribution in [0, 0.1) is 5.41 Å². The van der Waals surface area contributed by atoms with Gasteiger partial charge in [0.25, 0.3) is 0 Å². The summed E-state index contributed by atoms with van der Waals surface area (Å²) in [7, 11) is 0. The molecule has 0 aromatic carbocycles. The van der Waals surface area contributed by atoms with E-state index in [0.717, 1.165) is 51.7 Å². The maximum Gasteiger partial charge on any atom is 0.177 e. The molecular formula is C25H50O2. The van der Waals surface area contributed by atoms with Crippen LogP contribution in [0.2, 0.25) is 0 Å². The van der Waals surface area contributed by atoms with Gasteiger partial charge in [0, 0.05) is 18.6 Å². The van der Waals surface area contributed by atoms with E-state index in [1.54, 1.807) is 0 Å². The average Bonchev–Trinajstić information content (AvgIpc) is 2.69. The average molecular weight is 383 g/mol. The number of hydrogen-bond acceptors (Lipinski definition) is 2. The van der Waals surface area contributed by atoms with Crippen LogP contribution in [0.25, 0.3) is 0 Å². The molecule has 0 aliphatic carbocycles. The van der Waals surface area contributed by atoms with E-state index < -0.39 is 5.79 Å². The molecule has 1 unspecified atom stereocenters. The molecule has 1 atom stereocenters. The van der Waals surface area contributed by atoms with E-state index >= 15 is 0 Å². The molecule has 0 heterocycles. The minimum atomic E-state index is -0.482. The van der Waals surface area contributed by atoms with Crippen LogP contribution in [0.3, 0.4) is 0 Å². The van der Waals surface area contributed by atoms with Crippen LogP contribution in [0.4, 0.5) is 0 Å². The van der Waals surface area contributed by atoms with Gasteiger partial charge < -0.3 is 9.47 Å². The lowest BCUT2D eigenvalue weighted by atomic mass is 9.69. The highest BCUT2D eigenvalue weighted by atomic mass is 16.7. The lowest BCUT2D eigenvalue weighted by molar-refractivity contribution is -0.294. The monoisotopic (exact) mass is 382 g/mol. The molecule has 2 heteroatoms. The van der Waals surface area contributed by atoms with Gasteiger partial charge in [-0.05, 0) is 38.5 Å². The third kappa shape index (κ3) is 9.13. The first-order valence-corrected chi connectivity index (χ1v) is 12.1. The second kappa shape index (κ2) is 16.6. The SMILES string of the molecule is CCC=CC(CCC)(CCCCCCCC)C(CC)(OCCC)OCCC. The van der Waals surface area contributed by atoms with E-state index in [2.05, 4.69) is 53.7 Å². The van der Waals surface area contributed by atoms with E-state index in [-0.39, 0.29) is 5.41 Å². The third-order valence-electron chi connectivity index (χ3n) is 5.65. The fourth-order valence-corrected chi connectivity index (χ4v) is 4.23. The molecule has 0 fully saturated rings. The maximum absolute atomic E-state index is 6.57. The van der Waals surface area contributed by atoms with E-state index in [0.29, 0.717) is 0 Å². The predicted molar refractivity (Wildman–Crippen MR) is 120 cm³/mol. The van der Waals surface area contributed by atoms with Crippen LogP contribution in [0.1, 0.15) is 125 Å². The Morgan fingerprint density at radius 1 is 0.630 bits per heavy atom. The normalized spacial score (nSPS) is 14.7. The number of ether oxygens (including phenoxy) is 2. The van der Waals surface area contributed by atoms with Gasteiger partial charge in [-0.25, -0.2) is 0 Å². The molecule has 0 saturated heterocycles. The van der Waals surface area contributed by atoms with Crippen molar-refractivity contribution in [2.24, 2.45) is 5.41 Å². The summed E-state index contributed by atoms with van der Waals surface area (Å²) in [6.07, 6.45) is 20.4. The first-order chi connectivity index (χ1) is 13.1. The van der Waals surface area contributed by atoms with Crippen LogP contribution in [0.5, 0.6) is 0 Å². The highest BCUT2D eigenvalue weighted by Crippen LogP contribution is 2.48. The van der Waals surface area contributed by atoms with Crippen molar-refractivity contribution in [2.75, 3.05) is 13.2 Å². The highest BCUT2D eigenvalue weighted by molar-refractivity contribution is 5.08. The molecule has 0 aromatic rings. The molecule has 0 rings (SSSR count). The fraction of sp³-hybridized carbons (Fsp3) is 0.920. The molecule has 0 spiro atoms. The van der Waals surface area contributed by atoms with Gasteiger partial charge in [-0.2, -0.15) is 0 Å². The highest BCUT2D eigenvalue weighted by Gasteiger charge is 2.49. The molecule has 0 bridgehead atoms. The summed E-state index contributed by atoms with van der Waals surface area (Å²) in [5.74, 6) is -0.482. The molecular weight excluding hydrogens is 332 g/mol. The van der Waals surface area contributed by atoms with Crippen LogP contribution < -0.4 is 0 Å². The molecule has 0 N–H and O–H groups in total. The topological polar surface area (TPSA) is 18.5 Å². The first-order valence-electron chi connectivity index (χ1n) is 12.1. The molecule has 0 aliphatic rings. The Balaban J connectivity index is 5.55. The molecule has 162 valence electrons. The molecule has 0 aliphatic heterocycles. The van der Waals surface area contributed by atoms with Gasteiger partial charge in [0.2, 0.25) is 0 Å². The first kappa shape index (κ1) is 26.7. The zero-order valence-corrected chi connectivity index (χ0v) is 19.6. The fourth-order valence-electron chi connectivity index (χ4n) is 4.23. The summed E-state index contributed by atoms with van der Waals surface area (Å²) in [5, 5.41) is 0. The van der Waals surface area contributed by atoms with Gasteiger partial charge in [0.1, 0.15) is 0 Å². The van der Waals surface area contributed by atoms with Gasteiger partial charge in [0.05, 0.1) is 0 Å². The minimum Gasteiger partial charge on any atom is -0.349 e. The quantitative estimate of drug-likeness (QED) is 0.127. The number of allylic oxidation sites excluding steroid dienone is 1. The Kier molecular flexibility index (Phi) is 16.4. The van der Waals surface area contributed by atoms with Crippen LogP contribution in [0.15, 0.2) is 12.2 Å². The summed E-state index contributed by atoms with van der Waals surface area (Å²) in [4.78, 5) is 0. The Bertz CT molecular complexity index is 342. The van der Waals surface area contributed by atoms with Crippen molar-refractivity contribution in [3.8, 4) is 0 Å². The summed E-state index contributed by atoms with van der Waals surface area (Å²) >= 11 is 0. The van der Waals surface area contributed by atoms with Crippen molar-refractivity contribution in [1.29, 1.82) is 0 Å². The van der Waals surface area contributed by atoms with Crippen molar-refractivity contribution in [3.63, 3.8) is 0 Å². The maximum atomic E-state index is 6.57. The van der Waals surface area contributed by atoms with Gasteiger partial charge in [-0.15, -0.1) is 0 Å². The van der Waals surface area contributed by atoms with Crippen molar-refractivity contribution in [3.05, 3.63) is 12.2 Å². The van der Waals surface area contributed by atoms with Crippen LogP contribution >= 0.6 is 0 Å². The van der Waals surface area contributed by atoms with E-state index in [1.807, 2.05) is 0 Å². The number of rotatable bonds is 19. The van der Waals surface area contributed by atoms with Gasteiger partial charge in [0.15, 0.2) is 5.79 Å². The summed E-state index contributed by atoms with van der Waals surface area (Å²) < 4.78 is 13.1.